The van der Waals surface area contributed by atoms with E-state index in [9.17, 15) is 14.4 Å². The van der Waals surface area contributed by atoms with Gasteiger partial charge in [-0.25, -0.2) is 0 Å². The number of carbonyl (C=O) groups is 2. The quantitative estimate of drug-likeness (QED) is 0.890. The first-order valence-electron chi connectivity index (χ1n) is 8.30. The molecule has 1 unspecified atom stereocenters. The Balaban J connectivity index is 1.68. The van der Waals surface area contributed by atoms with Crippen LogP contribution >= 0.6 is 11.3 Å². The molecular formula is C18H21N3O3S. The van der Waals surface area contributed by atoms with Crippen molar-refractivity contribution in [1.29, 1.82) is 0 Å². The lowest BCUT2D eigenvalue weighted by Crippen LogP contribution is -2.33. The van der Waals surface area contributed by atoms with Crippen LogP contribution in [0.4, 0.5) is 5.69 Å². The molecule has 1 aromatic carbocycles. The second-order valence-electron chi connectivity index (χ2n) is 6.26. The van der Waals surface area contributed by atoms with E-state index in [-0.39, 0.29) is 29.3 Å². The van der Waals surface area contributed by atoms with E-state index in [0.29, 0.717) is 6.42 Å². The monoisotopic (exact) mass is 359 g/mol. The number of anilines is 1. The number of benzene rings is 1. The van der Waals surface area contributed by atoms with Crippen LogP contribution in [0, 0.1) is 6.92 Å². The van der Waals surface area contributed by atoms with Gasteiger partial charge in [-0.15, -0.1) is 0 Å². The van der Waals surface area contributed by atoms with Crippen molar-refractivity contribution in [3.63, 3.8) is 0 Å². The highest BCUT2D eigenvalue weighted by molar-refractivity contribution is 7.07. The summed E-state index contributed by atoms with van der Waals surface area (Å²) < 4.78 is 1.46. The van der Waals surface area contributed by atoms with Crippen LogP contribution < -0.4 is 15.1 Å². The van der Waals surface area contributed by atoms with Gasteiger partial charge in [0.25, 0.3) is 0 Å². The summed E-state index contributed by atoms with van der Waals surface area (Å²) in [6.07, 6.45) is 1.47. The van der Waals surface area contributed by atoms with Gasteiger partial charge in [0.05, 0.1) is 6.04 Å². The first kappa shape index (κ1) is 17.4. The van der Waals surface area contributed by atoms with E-state index in [0.717, 1.165) is 41.2 Å². The Morgan fingerprint density at radius 3 is 2.80 bits per heavy atom. The number of hydrogen-bond acceptors (Lipinski definition) is 4. The largest absolute Gasteiger partial charge is 0.348 e. The Morgan fingerprint density at radius 2 is 2.16 bits per heavy atom. The number of rotatable bonds is 5. The summed E-state index contributed by atoms with van der Waals surface area (Å²) in [4.78, 5) is 37.5. The fourth-order valence-electron chi connectivity index (χ4n) is 2.99. The summed E-state index contributed by atoms with van der Waals surface area (Å²) >= 11 is 1.09. The highest BCUT2D eigenvalue weighted by atomic mass is 32.1. The highest BCUT2D eigenvalue weighted by Crippen LogP contribution is 2.24. The van der Waals surface area contributed by atoms with Gasteiger partial charge >= 0.3 is 4.87 Å². The zero-order chi connectivity index (χ0) is 18.0. The summed E-state index contributed by atoms with van der Waals surface area (Å²) in [6.45, 7) is 4.46. The summed E-state index contributed by atoms with van der Waals surface area (Å²) in [6, 6.07) is 7.47. The number of aromatic nitrogens is 1. The van der Waals surface area contributed by atoms with Gasteiger partial charge in [0.15, 0.2) is 0 Å². The Morgan fingerprint density at radius 1 is 1.36 bits per heavy atom. The van der Waals surface area contributed by atoms with E-state index in [2.05, 4.69) is 5.32 Å². The molecule has 2 aromatic rings. The average Bonchev–Trinajstić information content (AvgIpc) is 3.15. The Labute approximate surface area is 150 Å². The number of carbonyl (C=O) groups excluding carboxylic acids is 2. The van der Waals surface area contributed by atoms with Gasteiger partial charge in [-0.05, 0) is 38.0 Å². The summed E-state index contributed by atoms with van der Waals surface area (Å²) in [5.74, 6) is -0.0695. The lowest BCUT2D eigenvalue weighted by atomic mass is 10.1. The second kappa shape index (κ2) is 7.23. The zero-order valence-corrected chi connectivity index (χ0v) is 15.1. The van der Waals surface area contributed by atoms with E-state index < -0.39 is 0 Å². The maximum atomic E-state index is 12.3. The third kappa shape index (κ3) is 3.82. The van der Waals surface area contributed by atoms with Crippen molar-refractivity contribution >= 4 is 28.8 Å². The second-order valence-corrected chi connectivity index (χ2v) is 7.08. The molecule has 6 nitrogen and oxygen atoms in total. The van der Waals surface area contributed by atoms with Crippen LogP contribution in [-0.4, -0.2) is 22.9 Å². The number of nitrogens with zero attached hydrogens (tertiary/aromatic N) is 2. The van der Waals surface area contributed by atoms with Crippen LogP contribution in [0.5, 0.6) is 0 Å². The van der Waals surface area contributed by atoms with Crippen molar-refractivity contribution in [1.82, 2.24) is 9.88 Å². The van der Waals surface area contributed by atoms with Gasteiger partial charge in [0.2, 0.25) is 11.8 Å². The van der Waals surface area contributed by atoms with Crippen molar-refractivity contribution in [2.45, 2.75) is 39.3 Å². The molecule has 0 bridgehead atoms. The predicted molar refractivity (Wildman–Crippen MR) is 97.9 cm³/mol. The fraction of sp³-hybridized carbons (Fsp3) is 0.389. The number of hydrogen-bond donors (Lipinski definition) is 1. The van der Waals surface area contributed by atoms with Crippen molar-refractivity contribution in [3.05, 3.63) is 50.6 Å². The molecule has 25 heavy (non-hydrogen) atoms. The Bertz CT molecular complexity index is 855. The van der Waals surface area contributed by atoms with Crippen LogP contribution in [0.3, 0.4) is 0 Å². The Kier molecular flexibility index (Phi) is 5.03. The van der Waals surface area contributed by atoms with Crippen LogP contribution in [-0.2, 0) is 16.1 Å². The first-order chi connectivity index (χ1) is 12.0. The molecular weight excluding hydrogens is 338 g/mol. The SMILES string of the molecule is Cc1csc(=O)n1CC(=O)NC(C)c1cccc(N2CCCC2=O)c1. The molecule has 0 saturated carbocycles. The van der Waals surface area contributed by atoms with Crippen molar-refractivity contribution in [2.24, 2.45) is 0 Å². The van der Waals surface area contributed by atoms with Gasteiger partial charge in [0.1, 0.15) is 6.54 Å². The number of amides is 2. The standard InChI is InChI=1S/C18H21N3O3S/c1-12-11-25-18(24)21(12)10-16(22)19-13(2)14-5-3-6-15(9-14)20-8-4-7-17(20)23/h3,5-6,9,11,13H,4,7-8,10H2,1-2H3,(H,19,22). The van der Waals surface area contributed by atoms with Gasteiger partial charge < -0.3 is 10.2 Å². The Hall–Kier alpha value is -2.41. The van der Waals surface area contributed by atoms with E-state index in [4.69, 9.17) is 0 Å². The predicted octanol–water partition coefficient (Wildman–Crippen LogP) is 2.22. The minimum absolute atomic E-state index is 0.0167. The topological polar surface area (TPSA) is 71.4 Å². The van der Waals surface area contributed by atoms with Crippen molar-refractivity contribution < 1.29 is 9.59 Å². The van der Waals surface area contributed by atoms with Crippen LogP contribution in [0.25, 0.3) is 0 Å². The average molecular weight is 359 g/mol. The van der Waals surface area contributed by atoms with Gasteiger partial charge in [-0.3, -0.25) is 19.0 Å². The summed E-state index contributed by atoms with van der Waals surface area (Å²) in [5.41, 5.74) is 2.58. The highest BCUT2D eigenvalue weighted by Gasteiger charge is 2.22. The van der Waals surface area contributed by atoms with E-state index in [1.807, 2.05) is 38.1 Å². The van der Waals surface area contributed by atoms with Crippen LogP contribution in [0.15, 0.2) is 34.4 Å². The normalized spacial score (nSPS) is 15.4. The molecule has 3 rings (SSSR count). The lowest BCUT2D eigenvalue weighted by molar-refractivity contribution is -0.122. The van der Waals surface area contributed by atoms with E-state index in [1.165, 1.54) is 4.57 Å². The third-order valence-corrected chi connectivity index (χ3v) is 5.29. The van der Waals surface area contributed by atoms with Gasteiger partial charge in [0, 0.05) is 29.7 Å². The molecule has 0 aliphatic carbocycles. The third-order valence-electron chi connectivity index (χ3n) is 4.41. The molecule has 132 valence electrons. The molecule has 2 heterocycles. The van der Waals surface area contributed by atoms with Crippen molar-refractivity contribution in [2.75, 3.05) is 11.4 Å². The maximum absolute atomic E-state index is 12.3. The van der Waals surface area contributed by atoms with E-state index >= 15 is 0 Å². The minimum atomic E-state index is -0.209. The number of thiazole rings is 1. The van der Waals surface area contributed by atoms with Crippen LogP contribution in [0.2, 0.25) is 0 Å². The lowest BCUT2D eigenvalue weighted by Gasteiger charge is -2.19. The molecule has 1 fully saturated rings. The minimum Gasteiger partial charge on any atom is -0.348 e. The van der Waals surface area contributed by atoms with Gasteiger partial charge in [-0.1, -0.05) is 23.5 Å². The van der Waals surface area contributed by atoms with Gasteiger partial charge in [-0.2, -0.15) is 0 Å². The fourth-order valence-corrected chi connectivity index (χ4v) is 3.73. The molecule has 1 aromatic heterocycles. The molecule has 1 aliphatic heterocycles. The molecule has 2 amide bonds. The number of aryl methyl sites for hydroxylation is 1. The smallest absolute Gasteiger partial charge is 0.307 e. The zero-order valence-electron chi connectivity index (χ0n) is 14.3. The molecule has 1 saturated heterocycles. The molecule has 1 atom stereocenters. The molecule has 0 radical (unpaired) electrons. The number of nitrogens with one attached hydrogen (secondary N) is 1. The molecule has 0 spiro atoms. The molecule has 1 N–H and O–H groups in total. The van der Waals surface area contributed by atoms with E-state index in [1.54, 1.807) is 10.3 Å². The van der Waals surface area contributed by atoms with Crippen molar-refractivity contribution in [3.8, 4) is 0 Å². The molecule has 1 aliphatic rings. The first-order valence-corrected chi connectivity index (χ1v) is 9.18. The molecule has 7 heteroatoms. The van der Waals surface area contributed by atoms with Crippen LogP contribution in [0.1, 0.15) is 37.1 Å². The summed E-state index contributed by atoms with van der Waals surface area (Å²) in [5, 5.41) is 4.67. The summed E-state index contributed by atoms with van der Waals surface area (Å²) in [7, 11) is 0. The maximum Gasteiger partial charge on any atom is 0.307 e.